The van der Waals surface area contributed by atoms with E-state index in [1.165, 1.54) is 30.6 Å². The Kier molecular flexibility index (Phi) is 7.74. The van der Waals surface area contributed by atoms with E-state index >= 15 is 0 Å². The van der Waals surface area contributed by atoms with E-state index in [1.54, 1.807) is 0 Å². The summed E-state index contributed by atoms with van der Waals surface area (Å²) < 4.78 is 11.3. The van der Waals surface area contributed by atoms with Crippen LogP contribution in [-0.4, -0.2) is 69.6 Å². The highest BCUT2D eigenvalue weighted by molar-refractivity contribution is 5.53. The number of nitrogens with zero attached hydrogens (tertiary/aromatic N) is 2. The van der Waals surface area contributed by atoms with Crippen LogP contribution in [0, 0.1) is 0 Å². The topological polar surface area (TPSA) is 37.0 Å². The van der Waals surface area contributed by atoms with E-state index in [1.807, 2.05) is 0 Å². The lowest BCUT2D eigenvalue weighted by Gasteiger charge is -2.35. The standard InChI is InChI=1S/C21H35N3O2/c1-18-16-23(17-19(2)26-18)10-6-5-9-22-15-20-7-3-4-8-21(20)24-11-13-25-14-12-24/h3-4,7-8,18-19,22H,5-6,9-17H2,1-2H3/t18-,19-/m0/s1. The number of nitrogens with one attached hydrogen (secondary N) is 1. The molecule has 0 radical (unpaired) electrons. The predicted molar refractivity (Wildman–Crippen MR) is 107 cm³/mol. The Morgan fingerprint density at radius 3 is 2.54 bits per heavy atom. The quantitative estimate of drug-likeness (QED) is 0.720. The Hall–Kier alpha value is -1.14. The third kappa shape index (κ3) is 5.95. The first-order valence-corrected chi connectivity index (χ1v) is 10.2. The van der Waals surface area contributed by atoms with Gasteiger partial charge in [-0.3, -0.25) is 4.90 Å². The molecule has 0 spiro atoms. The molecular formula is C21H35N3O2. The van der Waals surface area contributed by atoms with Gasteiger partial charge in [0.05, 0.1) is 25.4 Å². The number of ether oxygens (including phenoxy) is 2. The minimum atomic E-state index is 0.369. The lowest BCUT2D eigenvalue weighted by atomic mass is 10.1. The molecule has 3 rings (SSSR count). The second-order valence-electron chi connectivity index (χ2n) is 7.63. The van der Waals surface area contributed by atoms with Crippen molar-refractivity contribution in [2.75, 3.05) is 57.4 Å². The smallest absolute Gasteiger partial charge is 0.0678 e. The molecule has 2 saturated heterocycles. The van der Waals surface area contributed by atoms with Crippen LogP contribution in [-0.2, 0) is 16.0 Å². The summed E-state index contributed by atoms with van der Waals surface area (Å²) in [5, 5.41) is 3.64. The summed E-state index contributed by atoms with van der Waals surface area (Å²) in [5.74, 6) is 0. The van der Waals surface area contributed by atoms with Gasteiger partial charge in [0.1, 0.15) is 0 Å². The second-order valence-corrected chi connectivity index (χ2v) is 7.63. The molecule has 0 aliphatic carbocycles. The molecule has 2 heterocycles. The molecule has 5 nitrogen and oxygen atoms in total. The SMILES string of the molecule is C[C@H]1CN(CCCCNCc2ccccc2N2CCOCC2)C[C@H](C)O1. The fourth-order valence-electron chi connectivity index (χ4n) is 4.05. The number of rotatable bonds is 8. The third-order valence-electron chi connectivity index (χ3n) is 5.23. The molecule has 26 heavy (non-hydrogen) atoms. The lowest BCUT2D eigenvalue weighted by molar-refractivity contribution is -0.0681. The van der Waals surface area contributed by atoms with Crippen LogP contribution in [0.2, 0.25) is 0 Å². The molecule has 2 fully saturated rings. The van der Waals surface area contributed by atoms with Crippen LogP contribution < -0.4 is 10.2 Å². The average Bonchev–Trinajstić information content (AvgIpc) is 2.65. The zero-order valence-corrected chi connectivity index (χ0v) is 16.5. The van der Waals surface area contributed by atoms with E-state index in [0.717, 1.165) is 52.5 Å². The molecule has 0 unspecified atom stereocenters. The Bertz CT molecular complexity index is 524. The molecule has 2 atom stereocenters. The summed E-state index contributed by atoms with van der Waals surface area (Å²) in [6.07, 6.45) is 3.21. The monoisotopic (exact) mass is 361 g/mol. The van der Waals surface area contributed by atoms with Crippen LogP contribution in [0.25, 0.3) is 0 Å². The van der Waals surface area contributed by atoms with E-state index < -0.39 is 0 Å². The molecule has 146 valence electrons. The van der Waals surface area contributed by atoms with Gasteiger partial charge in [0.15, 0.2) is 0 Å². The van der Waals surface area contributed by atoms with Crippen molar-refractivity contribution in [3.63, 3.8) is 0 Å². The van der Waals surface area contributed by atoms with E-state index in [0.29, 0.717) is 12.2 Å². The van der Waals surface area contributed by atoms with Crippen LogP contribution in [0.15, 0.2) is 24.3 Å². The highest BCUT2D eigenvalue weighted by Gasteiger charge is 2.21. The molecule has 0 saturated carbocycles. The van der Waals surface area contributed by atoms with E-state index in [-0.39, 0.29) is 0 Å². The van der Waals surface area contributed by atoms with Crippen molar-refractivity contribution in [2.45, 2.75) is 45.4 Å². The lowest BCUT2D eigenvalue weighted by Crippen LogP contribution is -2.45. The number of benzene rings is 1. The number of morpholine rings is 2. The van der Waals surface area contributed by atoms with Crippen molar-refractivity contribution in [3.8, 4) is 0 Å². The number of hydrogen-bond acceptors (Lipinski definition) is 5. The predicted octanol–water partition coefficient (Wildman–Crippen LogP) is 2.50. The largest absolute Gasteiger partial charge is 0.378 e. The van der Waals surface area contributed by atoms with Gasteiger partial charge in [-0.1, -0.05) is 18.2 Å². The Labute approximate surface area is 158 Å². The van der Waals surface area contributed by atoms with Crippen LogP contribution in [0.5, 0.6) is 0 Å². The zero-order chi connectivity index (χ0) is 18.2. The van der Waals surface area contributed by atoms with E-state index in [2.05, 4.69) is 53.2 Å². The zero-order valence-electron chi connectivity index (χ0n) is 16.5. The normalized spacial score (nSPS) is 24.8. The molecule has 2 aliphatic heterocycles. The maximum absolute atomic E-state index is 5.81. The highest BCUT2D eigenvalue weighted by Crippen LogP contribution is 2.21. The third-order valence-corrected chi connectivity index (χ3v) is 5.23. The fraction of sp³-hybridized carbons (Fsp3) is 0.714. The Morgan fingerprint density at radius 2 is 1.77 bits per heavy atom. The van der Waals surface area contributed by atoms with Gasteiger partial charge in [0.2, 0.25) is 0 Å². The first-order valence-electron chi connectivity index (χ1n) is 10.2. The van der Waals surface area contributed by atoms with Crippen molar-refractivity contribution >= 4 is 5.69 Å². The molecule has 1 aromatic carbocycles. The minimum absolute atomic E-state index is 0.369. The molecule has 0 bridgehead atoms. The van der Waals surface area contributed by atoms with E-state index in [9.17, 15) is 0 Å². The van der Waals surface area contributed by atoms with Gasteiger partial charge in [0, 0.05) is 38.4 Å². The number of para-hydroxylation sites is 1. The summed E-state index contributed by atoms with van der Waals surface area (Å²) >= 11 is 0. The molecule has 1 aromatic rings. The highest BCUT2D eigenvalue weighted by atomic mass is 16.5. The summed E-state index contributed by atoms with van der Waals surface area (Å²) in [6.45, 7) is 13.4. The first kappa shape index (κ1) is 19.6. The van der Waals surface area contributed by atoms with Crippen molar-refractivity contribution in [2.24, 2.45) is 0 Å². The average molecular weight is 362 g/mol. The van der Waals surface area contributed by atoms with Crippen molar-refractivity contribution in [3.05, 3.63) is 29.8 Å². The van der Waals surface area contributed by atoms with Crippen LogP contribution >= 0.6 is 0 Å². The van der Waals surface area contributed by atoms with Gasteiger partial charge in [-0.2, -0.15) is 0 Å². The summed E-state index contributed by atoms with van der Waals surface area (Å²) in [6, 6.07) is 8.76. The number of hydrogen-bond donors (Lipinski definition) is 1. The summed E-state index contributed by atoms with van der Waals surface area (Å²) in [7, 11) is 0. The summed E-state index contributed by atoms with van der Waals surface area (Å²) in [5.41, 5.74) is 2.75. The first-order chi connectivity index (χ1) is 12.7. The van der Waals surface area contributed by atoms with Crippen molar-refractivity contribution in [1.82, 2.24) is 10.2 Å². The maximum Gasteiger partial charge on any atom is 0.0678 e. The molecule has 0 aromatic heterocycles. The minimum Gasteiger partial charge on any atom is -0.378 e. The van der Waals surface area contributed by atoms with Crippen LogP contribution in [0.3, 0.4) is 0 Å². The molecule has 2 aliphatic rings. The van der Waals surface area contributed by atoms with Gasteiger partial charge in [-0.15, -0.1) is 0 Å². The number of unbranched alkanes of at least 4 members (excludes halogenated alkanes) is 1. The van der Waals surface area contributed by atoms with Gasteiger partial charge < -0.3 is 19.7 Å². The molecule has 0 amide bonds. The van der Waals surface area contributed by atoms with Gasteiger partial charge in [-0.05, 0) is 51.4 Å². The number of anilines is 1. The van der Waals surface area contributed by atoms with Gasteiger partial charge in [0.25, 0.3) is 0 Å². The molecule has 1 N–H and O–H groups in total. The molecular weight excluding hydrogens is 326 g/mol. The van der Waals surface area contributed by atoms with Gasteiger partial charge >= 0.3 is 0 Å². The fourth-order valence-corrected chi connectivity index (χ4v) is 4.05. The van der Waals surface area contributed by atoms with Gasteiger partial charge in [-0.25, -0.2) is 0 Å². The second kappa shape index (κ2) is 10.3. The van der Waals surface area contributed by atoms with E-state index in [4.69, 9.17) is 9.47 Å². The summed E-state index contributed by atoms with van der Waals surface area (Å²) in [4.78, 5) is 4.99. The molecule has 5 heteroatoms. The van der Waals surface area contributed by atoms with Crippen molar-refractivity contribution < 1.29 is 9.47 Å². The Balaban J connectivity index is 1.35. The van der Waals surface area contributed by atoms with Crippen LogP contribution in [0.4, 0.5) is 5.69 Å². The maximum atomic E-state index is 5.81. The van der Waals surface area contributed by atoms with Crippen LogP contribution in [0.1, 0.15) is 32.3 Å². The van der Waals surface area contributed by atoms with Crippen molar-refractivity contribution in [1.29, 1.82) is 0 Å². The Morgan fingerprint density at radius 1 is 1.04 bits per heavy atom.